The molecule has 0 saturated carbocycles. The van der Waals surface area contributed by atoms with E-state index in [9.17, 15) is 4.79 Å². The zero-order chi connectivity index (χ0) is 11.2. The molecule has 1 N–H and O–H groups in total. The average molecular weight is 225 g/mol. The van der Waals surface area contributed by atoms with E-state index >= 15 is 0 Å². The van der Waals surface area contributed by atoms with Crippen molar-refractivity contribution >= 4 is 5.78 Å². The van der Waals surface area contributed by atoms with Gasteiger partial charge in [-0.25, -0.2) is 0 Å². The van der Waals surface area contributed by atoms with Gasteiger partial charge in [-0.2, -0.15) is 0 Å². The first-order chi connectivity index (χ1) is 7.84. The van der Waals surface area contributed by atoms with Crippen LogP contribution >= 0.6 is 0 Å². The topological polar surface area (TPSA) is 38.3 Å². The van der Waals surface area contributed by atoms with E-state index in [1.807, 2.05) is 0 Å². The number of carbonyl (C=O) groups excluding carboxylic acids is 1. The van der Waals surface area contributed by atoms with Gasteiger partial charge in [-0.15, -0.1) is 0 Å². The van der Waals surface area contributed by atoms with Gasteiger partial charge in [0.05, 0.1) is 6.10 Å². The first-order valence-electron chi connectivity index (χ1n) is 6.68. The Bertz CT molecular complexity index is 218. The minimum absolute atomic E-state index is 0.445. The SMILES string of the molecule is O=C(CCCC1CCCO1)CC1CCNC1. The van der Waals surface area contributed by atoms with Crippen LogP contribution in [-0.4, -0.2) is 31.6 Å². The van der Waals surface area contributed by atoms with E-state index < -0.39 is 0 Å². The summed E-state index contributed by atoms with van der Waals surface area (Å²) in [5.74, 6) is 1.06. The molecule has 0 aromatic rings. The first-order valence-corrected chi connectivity index (χ1v) is 6.68. The summed E-state index contributed by atoms with van der Waals surface area (Å²) in [4.78, 5) is 11.7. The van der Waals surface area contributed by atoms with E-state index in [-0.39, 0.29) is 0 Å². The van der Waals surface area contributed by atoms with Crippen LogP contribution in [0.3, 0.4) is 0 Å². The Morgan fingerprint density at radius 3 is 3.00 bits per heavy atom. The zero-order valence-corrected chi connectivity index (χ0v) is 10.0. The van der Waals surface area contributed by atoms with Crippen LogP contribution in [0.25, 0.3) is 0 Å². The van der Waals surface area contributed by atoms with Crippen molar-refractivity contribution in [2.45, 2.75) is 51.0 Å². The Morgan fingerprint density at radius 2 is 2.31 bits per heavy atom. The molecule has 2 saturated heterocycles. The highest BCUT2D eigenvalue weighted by Gasteiger charge is 2.19. The lowest BCUT2D eigenvalue weighted by Gasteiger charge is -2.09. The van der Waals surface area contributed by atoms with Gasteiger partial charge in [-0.1, -0.05) is 0 Å². The van der Waals surface area contributed by atoms with E-state index in [1.54, 1.807) is 0 Å². The molecule has 2 unspecified atom stereocenters. The molecule has 0 amide bonds. The van der Waals surface area contributed by atoms with Gasteiger partial charge in [-0.3, -0.25) is 4.79 Å². The van der Waals surface area contributed by atoms with Crippen LogP contribution < -0.4 is 5.32 Å². The molecule has 0 aromatic heterocycles. The molecule has 0 radical (unpaired) electrons. The third-order valence-corrected chi connectivity index (χ3v) is 3.68. The number of carbonyl (C=O) groups is 1. The maximum atomic E-state index is 11.7. The third kappa shape index (κ3) is 3.87. The smallest absolute Gasteiger partial charge is 0.133 e. The highest BCUT2D eigenvalue weighted by atomic mass is 16.5. The van der Waals surface area contributed by atoms with Gasteiger partial charge in [0.1, 0.15) is 5.78 Å². The van der Waals surface area contributed by atoms with Gasteiger partial charge in [-0.05, 0) is 51.1 Å². The summed E-state index contributed by atoms with van der Waals surface area (Å²) in [5, 5.41) is 3.31. The quantitative estimate of drug-likeness (QED) is 0.750. The number of hydrogen-bond donors (Lipinski definition) is 1. The number of ketones is 1. The summed E-state index contributed by atoms with van der Waals surface area (Å²) >= 11 is 0. The average Bonchev–Trinajstić information content (AvgIpc) is 2.90. The molecule has 92 valence electrons. The molecule has 2 aliphatic heterocycles. The molecule has 2 fully saturated rings. The summed E-state index contributed by atoms with van der Waals surface area (Å²) in [6.45, 7) is 3.05. The van der Waals surface area contributed by atoms with Crippen LogP contribution in [0.5, 0.6) is 0 Å². The lowest BCUT2D eigenvalue weighted by Crippen LogP contribution is -2.13. The molecule has 16 heavy (non-hydrogen) atoms. The Balaban J connectivity index is 1.52. The Morgan fingerprint density at radius 1 is 1.38 bits per heavy atom. The van der Waals surface area contributed by atoms with Crippen LogP contribution in [0, 0.1) is 5.92 Å². The van der Waals surface area contributed by atoms with Crippen molar-refractivity contribution in [1.29, 1.82) is 0 Å². The van der Waals surface area contributed by atoms with Crippen LogP contribution in [0.1, 0.15) is 44.9 Å². The Kier molecular flexibility index (Phi) is 4.79. The lowest BCUT2D eigenvalue weighted by atomic mass is 9.98. The molecule has 3 nitrogen and oxygen atoms in total. The van der Waals surface area contributed by atoms with Crippen molar-refractivity contribution in [3.8, 4) is 0 Å². The first kappa shape index (κ1) is 12.1. The molecular formula is C13H23NO2. The van der Waals surface area contributed by atoms with Gasteiger partial charge in [0, 0.05) is 19.4 Å². The van der Waals surface area contributed by atoms with Gasteiger partial charge < -0.3 is 10.1 Å². The Hall–Kier alpha value is -0.410. The second-order valence-electron chi connectivity index (χ2n) is 5.13. The van der Waals surface area contributed by atoms with Gasteiger partial charge in [0.15, 0.2) is 0 Å². The number of hydrogen-bond acceptors (Lipinski definition) is 3. The fourth-order valence-corrected chi connectivity index (χ4v) is 2.71. The highest BCUT2D eigenvalue weighted by Crippen LogP contribution is 2.19. The van der Waals surface area contributed by atoms with Gasteiger partial charge in [0.25, 0.3) is 0 Å². The largest absolute Gasteiger partial charge is 0.378 e. The van der Waals surface area contributed by atoms with Crippen molar-refractivity contribution in [2.75, 3.05) is 19.7 Å². The maximum Gasteiger partial charge on any atom is 0.133 e. The zero-order valence-electron chi connectivity index (χ0n) is 10.0. The minimum atomic E-state index is 0.445. The van der Waals surface area contributed by atoms with Crippen molar-refractivity contribution < 1.29 is 9.53 Å². The fourth-order valence-electron chi connectivity index (χ4n) is 2.71. The lowest BCUT2D eigenvalue weighted by molar-refractivity contribution is -0.120. The molecule has 0 spiro atoms. The van der Waals surface area contributed by atoms with Crippen molar-refractivity contribution in [2.24, 2.45) is 5.92 Å². The summed E-state index contributed by atoms with van der Waals surface area (Å²) in [6.07, 6.45) is 7.67. The fraction of sp³-hybridized carbons (Fsp3) is 0.923. The van der Waals surface area contributed by atoms with E-state index in [0.29, 0.717) is 17.8 Å². The molecule has 3 heteroatoms. The summed E-state index contributed by atoms with van der Waals surface area (Å²) in [5.41, 5.74) is 0. The molecule has 2 atom stereocenters. The molecular weight excluding hydrogens is 202 g/mol. The maximum absolute atomic E-state index is 11.7. The normalized spacial score (nSPS) is 29.8. The molecule has 2 rings (SSSR count). The van der Waals surface area contributed by atoms with Gasteiger partial charge >= 0.3 is 0 Å². The van der Waals surface area contributed by atoms with Crippen LogP contribution in [0.15, 0.2) is 0 Å². The number of nitrogens with one attached hydrogen (secondary N) is 1. The number of Topliss-reactive ketones (excluding diaryl/α,β-unsaturated/α-hetero) is 1. The van der Waals surface area contributed by atoms with Gasteiger partial charge in [0.2, 0.25) is 0 Å². The summed E-state index contributed by atoms with van der Waals surface area (Å²) in [6, 6.07) is 0. The predicted molar refractivity (Wildman–Crippen MR) is 63.4 cm³/mol. The van der Waals surface area contributed by atoms with Crippen LogP contribution in [0.2, 0.25) is 0 Å². The van der Waals surface area contributed by atoms with Crippen LogP contribution in [0.4, 0.5) is 0 Å². The van der Waals surface area contributed by atoms with Crippen molar-refractivity contribution in [3.63, 3.8) is 0 Å². The van der Waals surface area contributed by atoms with E-state index in [2.05, 4.69) is 5.32 Å². The molecule has 2 heterocycles. The second kappa shape index (κ2) is 6.36. The Labute approximate surface area is 97.9 Å². The van der Waals surface area contributed by atoms with Crippen molar-refractivity contribution in [1.82, 2.24) is 5.32 Å². The molecule has 0 bridgehead atoms. The number of ether oxygens (including phenoxy) is 1. The monoisotopic (exact) mass is 225 g/mol. The minimum Gasteiger partial charge on any atom is -0.378 e. The molecule has 0 aliphatic carbocycles. The van der Waals surface area contributed by atoms with E-state index in [1.165, 1.54) is 19.3 Å². The second-order valence-corrected chi connectivity index (χ2v) is 5.13. The molecule has 0 aromatic carbocycles. The van der Waals surface area contributed by atoms with Crippen LogP contribution in [-0.2, 0) is 9.53 Å². The van der Waals surface area contributed by atoms with Crippen molar-refractivity contribution in [3.05, 3.63) is 0 Å². The van der Waals surface area contributed by atoms with E-state index in [0.717, 1.165) is 45.4 Å². The highest BCUT2D eigenvalue weighted by molar-refractivity contribution is 5.78. The predicted octanol–water partition coefficient (Wildman–Crippen LogP) is 1.90. The van der Waals surface area contributed by atoms with E-state index in [4.69, 9.17) is 4.74 Å². The summed E-state index contributed by atoms with van der Waals surface area (Å²) in [7, 11) is 0. The summed E-state index contributed by atoms with van der Waals surface area (Å²) < 4.78 is 5.55. The third-order valence-electron chi connectivity index (χ3n) is 3.68. The molecule has 2 aliphatic rings. The standard InChI is InChI=1S/C13H23NO2/c15-12(9-11-6-7-14-10-11)3-1-4-13-5-2-8-16-13/h11,13-14H,1-10H2. The number of rotatable bonds is 6.